The van der Waals surface area contributed by atoms with E-state index in [1.54, 1.807) is 25.7 Å². The fourth-order valence-electron chi connectivity index (χ4n) is 9.32. The molecular weight excluding hydrogens is 930 g/mol. The fraction of sp³-hybridized carbons (Fsp3) is 0.608. The Balaban J connectivity index is 0.00000162. The number of aliphatic hydroxyl groups is 5. The average molecular weight is 1010 g/mol. The molecule has 1 amide bonds. The summed E-state index contributed by atoms with van der Waals surface area (Å²) in [5.41, 5.74) is -2.15. The van der Waals surface area contributed by atoms with Crippen molar-refractivity contribution in [2.45, 2.75) is 174 Å². The van der Waals surface area contributed by atoms with E-state index in [-0.39, 0.29) is 37.6 Å². The molecule has 0 spiro atoms. The first kappa shape index (κ1) is 59.2. The van der Waals surface area contributed by atoms with Gasteiger partial charge in [-0.15, -0.1) is 0 Å². The third-order valence-corrected chi connectivity index (χ3v) is 15.9. The van der Waals surface area contributed by atoms with Crippen LogP contribution in [0.25, 0.3) is 0 Å². The van der Waals surface area contributed by atoms with Gasteiger partial charge in [0.1, 0.15) is 33.7 Å². The molecule has 1 aliphatic rings. The molecule has 386 valence electrons. The minimum absolute atomic E-state index is 0.101. The molecule has 10 atom stereocenters. The first-order valence-electron chi connectivity index (χ1n) is 24.1. The van der Waals surface area contributed by atoms with Gasteiger partial charge < -0.3 is 35.2 Å². The van der Waals surface area contributed by atoms with Crippen LogP contribution in [-0.4, -0.2) is 90.5 Å². The standard InChI is InChI=1S/C51H76NO8P.F6P/c1-8-44-51(7,59)48(56)39(5)52(35-36(2)34-50(6,58)47(55)37(3)46(54)38(4)49(57)60-44)45(53)29-23-15-13-11-9-10-12-14-18-24-40-30-32-43(33-31-40)61(41-25-19-16-20-26-41)42-27-21-17-22-28-42;1-7(2,3,4,5)6/h16-17,19-22,25-28,30-33,36-39,44,46-48,54-56,58-59H,8-15,18,23-24,29,34-35H2,1-7H3;/q;-1/p+1/t36-,37+,38-,39-,44-,46+,47-,48-,50-,51-;/m1./s1. The van der Waals surface area contributed by atoms with Crippen LogP contribution >= 0.6 is 15.7 Å². The first-order chi connectivity index (χ1) is 31.4. The Kier molecular flexibility index (Phi) is 21.6. The van der Waals surface area contributed by atoms with E-state index in [1.807, 2.05) is 6.92 Å². The number of rotatable bonds is 16. The topological polar surface area (TPSA) is 148 Å². The summed E-state index contributed by atoms with van der Waals surface area (Å²) in [5, 5.41) is 61.0. The SMILES string of the molecule is CC[C@H]1OC(=O)[C@H](C)[C@@H](O)[C@H](C)[C@@H](O)[C@](C)(O)C[C@@H](C)CN(C(=O)CCCCCCCCCCCc2ccc([PH+](c3ccccc3)c3ccccc3)cc2)[C@H](C)[C@@H](O)[C@]1(C)O.F[P-](F)(F)(F)(F)F. The van der Waals surface area contributed by atoms with Gasteiger partial charge >= 0.3 is 39.0 Å². The van der Waals surface area contributed by atoms with E-state index in [2.05, 4.69) is 84.9 Å². The Labute approximate surface area is 400 Å². The number of cyclic esters (lactones) is 1. The van der Waals surface area contributed by atoms with Crippen molar-refractivity contribution in [1.82, 2.24) is 4.90 Å². The predicted octanol–water partition coefficient (Wildman–Crippen LogP) is 10.4. The maximum absolute atomic E-state index is 13.9. The first-order valence-corrected chi connectivity index (χ1v) is 27.6. The van der Waals surface area contributed by atoms with Crippen molar-refractivity contribution in [3.8, 4) is 0 Å². The molecule has 1 aliphatic heterocycles. The summed E-state index contributed by atoms with van der Waals surface area (Å²) in [6, 6.07) is 30.2. The van der Waals surface area contributed by atoms with Gasteiger partial charge in [0.15, 0.2) is 0 Å². The van der Waals surface area contributed by atoms with Gasteiger partial charge in [0.05, 0.1) is 37.7 Å². The summed E-state index contributed by atoms with van der Waals surface area (Å²) in [5.74, 6) is -3.21. The van der Waals surface area contributed by atoms with Crippen LogP contribution in [0.3, 0.4) is 0 Å². The normalized spacial score (nSPS) is 28.8. The number of aliphatic hydroxyl groups excluding tert-OH is 3. The van der Waals surface area contributed by atoms with Gasteiger partial charge in [0.25, 0.3) is 0 Å². The van der Waals surface area contributed by atoms with Crippen LogP contribution in [-0.2, 0) is 20.7 Å². The number of hydrogen-bond donors (Lipinski definition) is 5. The van der Waals surface area contributed by atoms with Crippen molar-refractivity contribution in [2.75, 3.05) is 6.54 Å². The Morgan fingerprint density at radius 1 is 0.706 bits per heavy atom. The van der Waals surface area contributed by atoms with Crippen molar-refractivity contribution < 1.29 is 65.0 Å². The van der Waals surface area contributed by atoms with E-state index in [9.17, 15) is 60.3 Å². The van der Waals surface area contributed by atoms with E-state index in [0.29, 0.717) is 6.42 Å². The second-order valence-corrected chi connectivity index (χ2v) is 23.9. The number of carbonyl (C=O) groups excluding carboxylic acids is 2. The number of hydrogen-bond acceptors (Lipinski definition) is 8. The number of unbranched alkanes of at least 4 members (excludes halogenated alkanes) is 8. The molecule has 9 nitrogen and oxygen atoms in total. The number of amides is 1. The van der Waals surface area contributed by atoms with Crippen LogP contribution < -0.4 is 15.9 Å². The van der Waals surface area contributed by atoms with Gasteiger partial charge in [-0.05, 0) is 108 Å². The molecule has 1 heterocycles. The van der Waals surface area contributed by atoms with Gasteiger partial charge in [-0.2, -0.15) is 0 Å². The van der Waals surface area contributed by atoms with E-state index in [1.165, 1.54) is 67.9 Å². The van der Waals surface area contributed by atoms with Crippen molar-refractivity contribution >= 4 is 43.5 Å². The summed E-state index contributed by atoms with van der Waals surface area (Å²) < 4.78 is 64.9. The van der Waals surface area contributed by atoms with E-state index < -0.39 is 75.2 Å². The molecule has 0 saturated carbocycles. The molecule has 3 aromatic rings. The van der Waals surface area contributed by atoms with Crippen molar-refractivity contribution in [1.29, 1.82) is 0 Å². The van der Waals surface area contributed by atoms with Gasteiger partial charge in [0, 0.05) is 18.9 Å². The zero-order valence-corrected chi connectivity index (χ0v) is 42.6. The summed E-state index contributed by atoms with van der Waals surface area (Å²) in [4.78, 5) is 28.6. The Bertz CT molecular complexity index is 1930. The molecule has 17 heteroatoms. The zero-order chi connectivity index (χ0) is 51.2. The van der Waals surface area contributed by atoms with Crippen molar-refractivity contribution in [2.24, 2.45) is 17.8 Å². The summed E-state index contributed by atoms with van der Waals surface area (Å²) in [6.45, 7) is 11.4. The molecular formula is C51H77F6NO8P2. The predicted molar refractivity (Wildman–Crippen MR) is 263 cm³/mol. The third-order valence-electron chi connectivity index (χ3n) is 13.2. The molecule has 3 aromatic carbocycles. The molecule has 68 heavy (non-hydrogen) atoms. The summed E-state index contributed by atoms with van der Waals surface area (Å²) >= 11 is 0. The number of ether oxygens (including phenoxy) is 1. The second-order valence-electron chi connectivity index (χ2n) is 19.5. The monoisotopic (exact) mass is 1010 g/mol. The number of aryl methyl sites for hydroxylation is 1. The molecule has 0 aromatic heterocycles. The maximum atomic E-state index is 13.9. The van der Waals surface area contributed by atoms with Crippen LogP contribution in [0, 0.1) is 17.8 Å². The fourth-order valence-corrected chi connectivity index (χ4v) is 11.9. The van der Waals surface area contributed by atoms with Gasteiger partial charge in [-0.25, -0.2) is 0 Å². The van der Waals surface area contributed by atoms with Gasteiger partial charge in [-0.1, -0.05) is 114 Å². The number of benzene rings is 3. The average Bonchev–Trinajstić information content (AvgIpc) is 3.27. The number of halogens is 6. The van der Waals surface area contributed by atoms with Crippen molar-refractivity contribution in [3.05, 3.63) is 90.5 Å². The summed E-state index contributed by atoms with van der Waals surface area (Å²) in [6.07, 6.45) is 6.08. The van der Waals surface area contributed by atoms with Crippen molar-refractivity contribution in [3.63, 3.8) is 0 Å². The molecule has 0 aliphatic carbocycles. The Morgan fingerprint density at radius 2 is 1.15 bits per heavy atom. The number of esters is 1. The zero-order valence-electron chi connectivity index (χ0n) is 40.7. The molecule has 1 fully saturated rings. The molecule has 0 radical (unpaired) electrons. The Hall–Kier alpha value is -3.16. The second kappa shape index (κ2) is 24.8. The number of carbonyl (C=O) groups is 2. The van der Waals surface area contributed by atoms with Crippen LogP contribution in [0.2, 0.25) is 0 Å². The van der Waals surface area contributed by atoms with Crippen LogP contribution in [0.5, 0.6) is 0 Å². The van der Waals surface area contributed by atoms with E-state index >= 15 is 0 Å². The van der Waals surface area contributed by atoms with Gasteiger partial charge in [0.2, 0.25) is 5.91 Å². The molecule has 1 saturated heterocycles. The Morgan fingerprint density at radius 3 is 1.62 bits per heavy atom. The third kappa shape index (κ3) is 19.9. The molecule has 5 N–H and O–H groups in total. The van der Waals surface area contributed by atoms with Crippen LogP contribution in [0.4, 0.5) is 25.2 Å². The van der Waals surface area contributed by atoms with E-state index in [0.717, 1.165) is 32.1 Å². The van der Waals surface area contributed by atoms with Crippen LogP contribution in [0.1, 0.15) is 131 Å². The minimum atomic E-state index is -10.7. The molecule has 4 rings (SSSR count). The molecule has 0 bridgehead atoms. The summed E-state index contributed by atoms with van der Waals surface area (Å²) in [7, 11) is -11.7. The quantitative estimate of drug-likeness (QED) is 0.0413. The van der Waals surface area contributed by atoms with Gasteiger partial charge in [-0.3, -0.25) is 9.59 Å². The molecule has 0 unspecified atom stereocenters. The van der Waals surface area contributed by atoms with Crippen LogP contribution in [0.15, 0.2) is 84.9 Å². The van der Waals surface area contributed by atoms with E-state index in [4.69, 9.17) is 4.74 Å². The number of nitrogens with zero attached hydrogens (tertiary/aromatic N) is 1.